The molecule has 1 aromatic heterocycles. The van der Waals surface area contributed by atoms with E-state index in [1.807, 2.05) is 36.4 Å². The van der Waals surface area contributed by atoms with E-state index >= 15 is 0 Å². The molecule has 2 aromatic carbocycles. The first-order valence-corrected chi connectivity index (χ1v) is 9.73. The minimum Gasteiger partial charge on any atom is -0.497 e. The van der Waals surface area contributed by atoms with Crippen molar-refractivity contribution in [3.63, 3.8) is 0 Å². The van der Waals surface area contributed by atoms with E-state index in [1.54, 1.807) is 26.3 Å². The fourth-order valence-electron chi connectivity index (χ4n) is 3.58. The number of carbonyl (C=O) groups is 1. The number of fused-ring (bicyclic) bond motifs is 1. The van der Waals surface area contributed by atoms with Crippen molar-refractivity contribution >= 4 is 16.9 Å². The molecule has 0 aliphatic heterocycles. The zero-order valence-corrected chi connectivity index (χ0v) is 16.6. The van der Waals surface area contributed by atoms with Gasteiger partial charge in [0.1, 0.15) is 11.3 Å². The number of ether oxygens (including phenoxy) is 1. The van der Waals surface area contributed by atoms with Gasteiger partial charge in [-0.25, -0.2) is 4.79 Å². The first-order chi connectivity index (χ1) is 14.1. The van der Waals surface area contributed by atoms with Gasteiger partial charge in [-0.15, -0.1) is 0 Å². The molecule has 150 valence electrons. The second kappa shape index (κ2) is 8.09. The summed E-state index contributed by atoms with van der Waals surface area (Å²) in [7, 11) is 3.22. The van der Waals surface area contributed by atoms with Crippen LogP contribution in [-0.4, -0.2) is 31.0 Å². The van der Waals surface area contributed by atoms with E-state index in [4.69, 9.17) is 9.15 Å². The van der Waals surface area contributed by atoms with Crippen molar-refractivity contribution in [3.8, 4) is 5.75 Å². The van der Waals surface area contributed by atoms with Crippen molar-refractivity contribution in [2.45, 2.75) is 32.0 Å². The van der Waals surface area contributed by atoms with Crippen LogP contribution in [0, 0.1) is 0 Å². The predicted octanol–water partition coefficient (Wildman–Crippen LogP) is 3.33. The lowest BCUT2D eigenvalue weighted by Crippen LogP contribution is -2.26. The lowest BCUT2D eigenvalue weighted by molar-refractivity contribution is 0.0963. The highest BCUT2D eigenvalue weighted by molar-refractivity contribution is 5.93. The van der Waals surface area contributed by atoms with E-state index in [-0.39, 0.29) is 11.5 Å². The Morgan fingerprint density at radius 1 is 1.14 bits per heavy atom. The fraction of sp³-hybridized carbons (Fsp3) is 0.304. The highest BCUT2D eigenvalue weighted by Gasteiger charge is 2.29. The summed E-state index contributed by atoms with van der Waals surface area (Å²) in [4.78, 5) is 26.2. The molecule has 0 unspecified atom stereocenters. The van der Waals surface area contributed by atoms with Crippen LogP contribution < -0.4 is 15.7 Å². The Bertz CT molecular complexity index is 1080. The SMILES string of the molecule is CNC(=O)c1ccc(CN(Cc2cc(=O)oc3cc(OC)ccc23)C2CC2)cc1. The van der Waals surface area contributed by atoms with Gasteiger partial charge in [-0.3, -0.25) is 9.69 Å². The van der Waals surface area contributed by atoms with Crippen LogP contribution in [0.15, 0.2) is 57.7 Å². The average Bonchev–Trinajstić information content (AvgIpc) is 3.58. The predicted molar refractivity (Wildman–Crippen MR) is 111 cm³/mol. The summed E-state index contributed by atoms with van der Waals surface area (Å²) in [5.74, 6) is 0.571. The topological polar surface area (TPSA) is 71.8 Å². The molecule has 1 amide bonds. The molecular weight excluding hydrogens is 368 g/mol. The summed E-state index contributed by atoms with van der Waals surface area (Å²) < 4.78 is 10.6. The maximum atomic E-state index is 12.1. The number of methoxy groups -OCH3 is 1. The molecule has 1 aliphatic rings. The van der Waals surface area contributed by atoms with Crippen LogP contribution in [0.3, 0.4) is 0 Å². The highest BCUT2D eigenvalue weighted by Crippen LogP contribution is 2.31. The Kier molecular flexibility index (Phi) is 5.36. The van der Waals surface area contributed by atoms with E-state index in [1.165, 1.54) is 0 Å². The van der Waals surface area contributed by atoms with Crippen LogP contribution in [0.5, 0.6) is 5.75 Å². The molecule has 0 radical (unpaired) electrons. The van der Waals surface area contributed by atoms with Gasteiger partial charge >= 0.3 is 5.63 Å². The standard InChI is InChI=1S/C23H24N2O4/c1-24-23(27)16-5-3-15(4-6-16)13-25(18-7-8-18)14-17-11-22(26)29-21-12-19(28-2)9-10-20(17)21/h3-6,9-12,18H,7-8,13-14H2,1-2H3,(H,24,27). The van der Waals surface area contributed by atoms with Crippen molar-refractivity contribution < 1.29 is 13.9 Å². The number of nitrogens with one attached hydrogen (secondary N) is 1. The van der Waals surface area contributed by atoms with Crippen molar-refractivity contribution in [1.29, 1.82) is 0 Å². The Labute approximate surface area is 169 Å². The number of nitrogens with zero attached hydrogens (tertiary/aromatic N) is 1. The molecule has 0 saturated heterocycles. The van der Waals surface area contributed by atoms with Crippen molar-refractivity contribution in [1.82, 2.24) is 10.2 Å². The molecule has 3 aromatic rings. The van der Waals surface area contributed by atoms with Crippen molar-refractivity contribution in [2.24, 2.45) is 0 Å². The van der Waals surface area contributed by atoms with Gasteiger partial charge in [0.05, 0.1) is 7.11 Å². The lowest BCUT2D eigenvalue weighted by Gasteiger charge is -2.23. The molecule has 0 atom stereocenters. The molecule has 1 N–H and O–H groups in total. The van der Waals surface area contributed by atoms with E-state index < -0.39 is 0 Å². The van der Waals surface area contributed by atoms with Gasteiger partial charge in [0, 0.05) is 49.3 Å². The summed E-state index contributed by atoms with van der Waals surface area (Å²) in [6, 6.07) is 15.3. The Balaban J connectivity index is 1.59. The fourth-order valence-corrected chi connectivity index (χ4v) is 3.58. The molecule has 1 aliphatic carbocycles. The van der Waals surface area contributed by atoms with Crippen LogP contribution in [0.1, 0.15) is 34.3 Å². The first kappa shape index (κ1) is 19.2. The van der Waals surface area contributed by atoms with Crippen molar-refractivity contribution in [2.75, 3.05) is 14.2 Å². The number of carbonyl (C=O) groups excluding carboxylic acids is 1. The third kappa shape index (κ3) is 4.32. The molecule has 6 heteroatoms. The van der Waals surface area contributed by atoms with E-state index in [9.17, 15) is 9.59 Å². The van der Waals surface area contributed by atoms with Gasteiger partial charge in [-0.1, -0.05) is 12.1 Å². The molecule has 0 bridgehead atoms. The summed E-state index contributed by atoms with van der Waals surface area (Å²) in [5, 5.41) is 3.56. The average molecular weight is 392 g/mol. The third-order valence-electron chi connectivity index (χ3n) is 5.30. The normalized spacial score (nSPS) is 13.6. The summed E-state index contributed by atoms with van der Waals surface area (Å²) in [6.07, 6.45) is 2.31. The second-order valence-electron chi connectivity index (χ2n) is 7.36. The van der Waals surface area contributed by atoms with Crippen LogP contribution in [-0.2, 0) is 13.1 Å². The molecule has 4 rings (SSSR count). The van der Waals surface area contributed by atoms with Gasteiger partial charge < -0.3 is 14.5 Å². The summed E-state index contributed by atoms with van der Waals surface area (Å²) in [6.45, 7) is 1.42. The number of benzene rings is 2. The number of hydrogen-bond acceptors (Lipinski definition) is 5. The third-order valence-corrected chi connectivity index (χ3v) is 5.30. The van der Waals surface area contributed by atoms with Gasteiger partial charge in [0.15, 0.2) is 0 Å². The number of rotatable bonds is 7. The van der Waals surface area contributed by atoms with Crippen LogP contribution in [0.2, 0.25) is 0 Å². The Morgan fingerprint density at radius 2 is 1.90 bits per heavy atom. The molecular formula is C23H24N2O4. The van der Waals surface area contributed by atoms with Gasteiger partial charge in [0.25, 0.3) is 5.91 Å². The Morgan fingerprint density at radius 3 is 2.55 bits per heavy atom. The lowest BCUT2D eigenvalue weighted by atomic mass is 10.1. The molecule has 1 fully saturated rings. The van der Waals surface area contributed by atoms with Gasteiger partial charge in [0.2, 0.25) is 0 Å². The van der Waals surface area contributed by atoms with E-state index in [0.29, 0.717) is 29.5 Å². The van der Waals surface area contributed by atoms with Crippen LogP contribution in [0.4, 0.5) is 0 Å². The Hall–Kier alpha value is -3.12. The van der Waals surface area contributed by atoms with E-state index in [2.05, 4.69) is 10.2 Å². The molecule has 6 nitrogen and oxygen atoms in total. The minimum absolute atomic E-state index is 0.0893. The monoisotopic (exact) mass is 392 g/mol. The summed E-state index contributed by atoms with van der Waals surface area (Å²) >= 11 is 0. The first-order valence-electron chi connectivity index (χ1n) is 9.73. The van der Waals surface area contributed by atoms with Crippen molar-refractivity contribution in [3.05, 3.63) is 75.6 Å². The maximum Gasteiger partial charge on any atom is 0.336 e. The second-order valence-corrected chi connectivity index (χ2v) is 7.36. The zero-order valence-electron chi connectivity index (χ0n) is 16.6. The van der Waals surface area contributed by atoms with Gasteiger partial charge in [-0.2, -0.15) is 0 Å². The van der Waals surface area contributed by atoms with Crippen LogP contribution >= 0.6 is 0 Å². The van der Waals surface area contributed by atoms with E-state index in [0.717, 1.165) is 35.9 Å². The minimum atomic E-state index is -0.355. The number of hydrogen-bond donors (Lipinski definition) is 1. The van der Waals surface area contributed by atoms with Crippen LogP contribution in [0.25, 0.3) is 11.0 Å². The zero-order chi connectivity index (χ0) is 20.4. The maximum absolute atomic E-state index is 12.1. The largest absolute Gasteiger partial charge is 0.497 e. The smallest absolute Gasteiger partial charge is 0.336 e. The highest BCUT2D eigenvalue weighted by atomic mass is 16.5. The number of amides is 1. The molecule has 0 spiro atoms. The van der Waals surface area contributed by atoms with Gasteiger partial charge in [-0.05, 0) is 48.2 Å². The summed E-state index contributed by atoms with van der Waals surface area (Å²) in [5.41, 5.74) is 2.92. The molecule has 1 saturated carbocycles. The molecule has 29 heavy (non-hydrogen) atoms. The quantitative estimate of drug-likeness (QED) is 0.625. The molecule has 1 heterocycles.